The van der Waals surface area contributed by atoms with E-state index in [9.17, 15) is 22.9 Å². The van der Waals surface area contributed by atoms with Crippen LogP contribution in [0.2, 0.25) is 0 Å². The quantitative estimate of drug-likeness (QED) is 0.453. The van der Waals surface area contributed by atoms with Gasteiger partial charge in [-0.05, 0) is 68.5 Å². The molecule has 4 rings (SSSR count). The first-order chi connectivity index (χ1) is 16.6. The van der Waals surface area contributed by atoms with Gasteiger partial charge in [0.1, 0.15) is 24.2 Å². The Kier molecular flexibility index (Phi) is 7.41. The SMILES string of the molecule is CC(C)Oc1ccc(S(=O)(=O)N2CCC(c3cn(CC(=O)O)c4nc([S+](C)[O-])ccc34)CC2)cc1. The molecule has 11 heteroatoms. The van der Waals surface area contributed by atoms with Crippen molar-refractivity contribution in [3.63, 3.8) is 0 Å². The van der Waals surface area contributed by atoms with Crippen LogP contribution in [0.3, 0.4) is 0 Å². The number of nitrogens with zero attached hydrogens (tertiary/aromatic N) is 3. The fourth-order valence-electron chi connectivity index (χ4n) is 4.44. The average Bonchev–Trinajstić information content (AvgIpc) is 3.16. The normalized spacial score (nSPS) is 16.6. The van der Waals surface area contributed by atoms with E-state index >= 15 is 0 Å². The van der Waals surface area contributed by atoms with Gasteiger partial charge in [0, 0.05) is 41.9 Å². The van der Waals surface area contributed by atoms with Crippen molar-refractivity contribution in [3.8, 4) is 5.75 Å². The molecule has 1 saturated heterocycles. The maximum Gasteiger partial charge on any atom is 0.323 e. The Hall–Kier alpha value is -2.60. The number of aliphatic carboxylic acids is 1. The molecule has 0 spiro atoms. The maximum atomic E-state index is 13.2. The summed E-state index contributed by atoms with van der Waals surface area (Å²) in [6.07, 6.45) is 4.52. The van der Waals surface area contributed by atoms with E-state index in [-0.39, 0.29) is 23.5 Å². The van der Waals surface area contributed by atoms with Crippen molar-refractivity contribution >= 4 is 38.2 Å². The van der Waals surface area contributed by atoms with Crippen molar-refractivity contribution < 1.29 is 27.6 Å². The second kappa shape index (κ2) is 10.2. The van der Waals surface area contributed by atoms with Crippen molar-refractivity contribution in [1.82, 2.24) is 13.9 Å². The van der Waals surface area contributed by atoms with E-state index in [2.05, 4.69) is 4.98 Å². The number of benzene rings is 1. The number of carboxylic acid groups (broad SMARTS) is 1. The third-order valence-electron chi connectivity index (χ3n) is 6.05. The zero-order valence-electron chi connectivity index (χ0n) is 19.9. The Morgan fingerprint density at radius 2 is 1.86 bits per heavy atom. The molecule has 0 radical (unpaired) electrons. The number of carbonyl (C=O) groups is 1. The maximum absolute atomic E-state index is 13.2. The molecule has 1 atom stereocenters. The van der Waals surface area contributed by atoms with Crippen molar-refractivity contribution in [3.05, 3.63) is 48.2 Å². The first-order valence-corrected chi connectivity index (χ1v) is 14.4. The summed E-state index contributed by atoms with van der Waals surface area (Å²) in [6, 6.07) is 10.00. The number of rotatable bonds is 8. The minimum absolute atomic E-state index is 0.00356. The Morgan fingerprint density at radius 3 is 2.43 bits per heavy atom. The highest BCUT2D eigenvalue weighted by atomic mass is 32.2. The highest BCUT2D eigenvalue weighted by Crippen LogP contribution is 2.36. The van der Waals surface area contributed by atoms with Crippen LogP contribution in [0.25, 0.3) is 11.0 Å². The molecule has 1 aromatic carbocycles. The molecule has 0 amide bonds. The zero-order valence-corrected chi connectivity index (χ0v) is 21.5. The summed E-state index contributed by atoms with van der Waals surface area (Å²) < 4.78 is 46.9. The van der Waals surface area contributed by atoms with Crippen LogP contribution in [0.1, 0.15) is 38.2 Å². The summed E-state index contributed by atoms with van der Waals surface area (Å²) in [5, 5.41) is 10.5. The molecule has 188 valence electrons. The fourth-order valence-corrected chi connectivity index (χ4v) is 6.39. The molecule has 35 heavy (non-hydrogen) atoms. The van der Waals surface area contributed by atoms with Crippen molar-refractivity contribution in [1.29, 1.82) is 0 Å². The molecule has 3 aromatic rings. The standard InChI is InChI=1S/C24H29N3O6S2/c1-16(2)33-18-4-6-19(7-5-18)35(31,32)27-12-10-17(11-13-27)21-14-26(15-23(28)29)24-20(21)8-9-22(25-24)34(3)30/h4-9,14,16-17H,10-13,15H2,1-3H3,(H,28,29). The van der Waals surface area contributed by atoms with Crippen molar-refractivity contribution in [2.24, 2.45) is 0 Å². The number of piperidine rings is 1. The van der Waals surface area contributed by atoms with E-state index < -0.39 is 27.2 Å². The van der Waals surface area contributed by atoms with E-state index in [0.29, 0.717) is 42.4 Å². The lowest BCUT2D eigenvalue weighted by Crippen LogP contribution is -2.37. The first kappa shape index (κ1) is 25.5. The van der Waals surface area contributed by atoms with E-state index in [1.807, 2.05) is 19.9 Å². The average molecular weight is 520 g/mol. The van der Waals surface area contributed by atoms with Crippen molar-refractivity contribution in [2.75, 3.05) is 19.3 Å². The number of ether oxygens (including phenoxy) is 1. The molecule has 0 saturated carbocycles. The van der Waals surface area contributed by atoms with Crippen LogP contribution in [0.5, 0.6) is 5.75 Å². The van der Waals surface area contributed by atoms with Gasteiger partial charge < -0.3 is 19.0 Å². The summed E-state index contributed by atoms with van der Waals surface area (Å²) in [5.41, 5.74) is 1.42. The van der Waals surface area contributed by atoms with Crippen LogP contribution in [0.15, 0.2) is 52.5 Å². The first-order valence-electron chi connectivity index (χ1n) is 11.4. The molecule has 1 fully saturated rings. The molecular weight excluding hydrogens is 490 g/mol. The number of sulfonamides is 1. The Labute approximate surface area is 208 Å². The lowest BCUT2D eigenvalue weighted by Gasteiger charge is -2.31. The Bertz CT molecular complexity index is 1310. The molecule has 1 aliphatic heterocycles. The Morgan fingerprint density at radius 1 is 1.20 bits per heavy atom. The lowest BCUT2D eigenvalue weighted by molar-refractivity contribution is -0.137. The summed E-state index contributed by atoms with van der Waals surface area (Å²) >= 11 is -1.29. The molecule has 3 heterocycles. The third kappa shape index (κ3) is 5.48. The van der Waals surface area contributed by atoms with Crippen LogP contribution < -0.4 is 4.74 Å². The van der Waals surface area contributed by atoms with Gasteiger partial charge in [-0.3, -0.25) is 4.79 Å². The molecule has 2 aromatic heterocycles. The minimum atomic E-state index is -3.63. The van der Waals surface area contributed by atoms with Gasteiger partial charge in [-0.2, -0.15) is 9.29 Å². The number of fused-ring (bicyclic) bond motifs is 1. The molecular formula is C24H29N3O6S2. The smallest absolute Gasteiger partial charge is 0.323 e. The van der Waals surface area contributed by atoms with E-state index in [0.717, 1.165) is 10.9 Å². The molecule has 1 N–H and O–H groups in total. The molecule has 0 bridgehead atoms. The summed E-state index contributed by atoms with van der Waals surface area (Å²) in [4.78, 5) is 16.1. The molecule has 1 aliphatic rings. The van der Waals surface area contributed by atoms with Crippen LogP contribution in [0, 0.1) is 0 Å². The summed E-state index contributed by atoms with van der Waals surface area (Å²) in [5.74, 6) is -0.316. The number of hydrogen-bond acceptors (Lipinski definition) is 6. The molecule has 0 aliphatic carbocycles. The predicted octanol–water partition coefficient (Wildman–Crippen LogP) is 3.21. The van der Waals surface area contributed by atoms with Gasteiger partial charge in [0.05, 0.1) is 11.0 Å². The zero-order chi connectivity index (χ0) is 25.3. The number of aromatic nitrogens is 2. The highest BCUT2D eigenvalue weighted by Gasteiger charge is 2.31. The predicted molar refractivity (Wildman–Crippen MR) is 133 cm³/mol. The van der Waals surface area contributed by atoms with E-state index in [1.165, 1.54) is 10.6 Å². The van der Waals surface area contributed by atoms with Gasteiger partial charge in [-0.15, -0.1) is 0 Å². The fraction of sp³-hybridized carbons (Fsp3) is 0.417. The van der Waals surface area contributed by atoms with Gasteiger partial charge in [-0.1, -0.05) is 0 Å². The summed E-state index contributed by atoms with van der Waals surface area (Å²) in [6.45, 7) is 4.27. The van der Waals surface area contributed by atoms with Gasteiger partial charge in [0.15, 0.2) is 0 Å². The van der Waals surface area contributed by atoms with Gasteiger partial charge in [0.2, 0.25) is 15.0 Å². The van der Waals surface area contributed by atoms with Crippen molar-refractivity contribution in [2.45, 2.75) is 55.2 Å². The largest absolute Gasteiger partial charge is 0.610 e. The monoisotopic (exact) mass is 519 g/mol. The van der Waals surface area contributed by atoms with E-state index in [1.54, 1.807) is 41.1 Å². The van der Waals surface area contributed by atoms with Gasteiger partial charge in [-0.25, -0.2) is 8.42 Å². The molecule has 1 unspecified atom stereocenters. The number of pyridine rings is 1. The van der Waals surface area contributed by atoms with Crippen LogP contribution >= 0.6 is 0 Å². The van der Waals surface area contributed by atoms with Gasteiger partial charge in [0.25, 0.3) is 0 Å². The van der Waals surface area contributed by atoms with Gasteiger partial charge >= 0.3 is 5.97 Å². The second-order valence-corrected chi connectivity index (χ2v) is 12.2. The Balaban J connectivity index is 1.54. The van der Waals surface area contributed by atoms with E-state index in [4.69, 9.17) is 4.74 Å². The third-order valence-corrected chi connectivity index (χ3v) is 8.78. The second-order valence-electron chi connectivity index (χ2n) is 8.90. The minimum Gasteiger partial charge on any atom is -0.610 e. The summed E-state index contributed by atoms with van der Waals surface area (Å²) in [7, 11) is -3.63. The molecule has 9 nitrogen and oxygen atoms in total. The van der Waals surface area contributed by atoms with Crippen LogP contribution in [-0.2, 0) is 32.5 Å². The van der Waals surface area contributed by atoms with Crippen LogP contribution in [-0.4, -0.2) is 63.4 Å². The topological polar surface area (TPSA) is 125 Å². The highest BCUT2D eigenvalue weighted by molar-refractivity contribution is 7.90. The number of carboxylic acids is 1. The lowest BCUT2D eigenvalue weighted by atomic mass is 9.90. The number of hydrogen-bond donors (Lipinski definition) is 1. The van der Waals surface area contributed by atoms with Crippen LogP contribution in [0.4, 0.5) is 0 Å².